The number of thioether (sulfide) groups is 1. The van der Waals surface area contributed by atoms with Crippen molar-refractivity contribution in [3.05, 3.63) is 41.5 Å². The van der Waals surface area contributed by atoms with Gasteiger partial charge in [0.2, 0.25) is 0 Å². The Hall–Kier alpha value is -1.29. The van der Waals surface area contributed by atoms with E-state index in [1.807, 2.05) is 11.8 Å². The Morgan fingerprint density at radius 1 is 1.05 bits per heavy atom. The van der Waals surface area contributed by atoms with Crippen LogP contribution in [0, 0.1) is 5.82 Å². The van der Waals surface area contributed by atoms with Crippen molar-refractivity contribution < 1.29 is 4.39 Å². The Bertz CT molecular complexity index is 622. The minimum Gasteiger partial charge on any atom is -0.341 e. The summed E-state index contributed by atoms with van der Waals surface area (Å²) in [4.78, 5) is 8.38. The van der Waals surface area contributed by atoms with Gasteiger partial charge in [0.15, 0.2) is 0 Å². The number of aromatic amines is 1. The number of aromatic nitrogens is 2. The van der Waals surface area contributed by atoms with Crippen LogP contribution in [0.15, 0.2) is 24.3 Å². The lowest BCUT2D eigenvalue weighted by Crippen LogP contribution is -2.24. The van der Waals surface area contributed by atoms with Gasteiger partial charge in [-0.25, -0.2) is 9.37 Å². The maximum atomic E-state index is 13.1. The molecule has 2 heterocycles. The Morgan fingerprint density at radius 3 is 2.33 bits per heavy atom. The van der Waals surface area contributed by atoms with Crippen LogP contribution in [0.5, 0.6) is 0 Å². The number of rotatable bonds is 1. The molecule has 0 radical (unpaired) electrons. The molecule has 112 valence electrons. The summed E-state index contributed by atoms with van der Waals surface area (Å²) in [6, 6.07) is 6.52. The molecule has 0 saturated carbocycles. The molecule has 4 heteroatoms. The van der Waals surface area contributed by atoms with Gasteiger partial charge in [0.1, 0.15) is 11.6 Å². The van der Waals surface area contributed by atoms with Gasteiger partial charge in [-0.05, 0) is 24.3 Å². The molecule has 2 aromatic rings. The van der Waals surface area contributed by atoms with E-state index in [4.69, 9.17) is 4.98 Å². The second kappa shape index (κ2) is 4.87. The minimum absolute atomic E-state index is 0.0442. The highest BCUT2D eigenvalue weighted by atomic mass is 32.2. The molecule has 3 rings (SSSR count). The Kier molecular flexibility index (Phi) is 3.40. The van der Waals surface area contributed by atoms with E-state index in [0.29, 0.717) is 0 Å². The second-order valence-corrected chi connectivity index (χ2v) is 8.06. The van der Waals surface area contributed by atoms with E-state index in [0.717, 1.165) is 28.6 Å². The third kappa shape index (κ3) is 2.61. The predicted octanol–water partition coefficient (Wildman–Crippen LogP) is 4.52. The monoisotopic (exact) mass is 304 g/mol. The van der Waals surface area contributed by atoms with E-state index >= 15 is 0 Å². The summed E-state index contributed by atoms with van der Waals surface area (Å²) in [5, 5.41) is 0. The van der Waals surface area contributed by atoms with Crippen LogP contribution in [0.1, 0.15) is 39.1 Å². The molecule has 0 saturated heterocycles. The van der Waals surface area contributed by atoms with Crippen LogP contribution in [0.2, 0.25) is 0 Å². The molecule has 0 unspecified atom stereocenters. The van der Waals surface area contributed by atoms with Crippen molar-refractivity contribution in [2.75, 3.05) is 11.5 Å². The van der Waals surface area contributed by atoms with Gasteiger partial charge in [-0.2, -0.15) is 11.8 Å². The maximum Gasteiger partial charge on any atom is 0.137 e. The highest BCUT2D eigenvalue weighted by Gasteiger charge is 2.38. The molecule has 1 N–H and O–H groups in total. The minimum atomic E-state index is -0.219. The van der Waals surface area contributed by atoms with Crippen molar-refractivity contribution in [1.29, 1.82) is 0 Å². The fraction of sp³-hybridized carbons (Fsp3) is 0.471. The van der Waals surface area contributed by atoms with Crippen molar-refractivity contribution in [3.8, 4) is 11.4 Å². The quantitative estimate of drug-likeness (QED) is 0.839. The van der Waals surface area contributed by atoms with Gasteiger partial charge in [-0.1, -0.05) is 27.7 Å². The average molecular weight is 304 g/mol. The number of H-pyrrole nitrogens is 1. The number of hydrogen-bond acceptors (Lipinski definition) is 2. The maximum absolute atomic E-state index is 13.1. The van der Waals surface area contributed by atoms with Crippen molar-refractivity contribution in [2.24, 2.45) is 0 Å². The zero-order chi connectivity index (χ0) is 15.3. The van der Waals surface area contributed by atoms with Gasteiger partial charge in [0.05, 0.1) is 5.69 Å². The van der Waals surface area contributed by atoms with Crippen LogP contribution in [-0.4, -0.2) is 21.5 Å². The fourth-order valence-electron chi connectivity index (χ4n) is 2.80. The highest BCUT2D eigenvalue weighted by molar-refractivity contribution is 7.99. The van der Waals surface area contributed by atoms with Gasteiger partial charge >= 0.3 is 0 Å². The van der Waals surface area contributed by atoms with E-state index in [1.54, 1.807) is 12.1 Å². The van der Waals surface area contributed by atoms with Crippen LogP contribution >= 0.6 is 11.8 Å². The average Bonchev–Trinajstić information content (AvgIpc) is 2.82. The molecule has 21 heavy (non-hydrogen) atoms. The van der Waals surface area contributed by atoms with Crippen molar-refractivity contribution in [3.63, 3.8) is 0 Å². The van der Waals surface area contributed by atoms with Gasteiger partial charge in [-0.15, -0.1) is 0 Å². The molecule has 0 amide bonds. The van der Waals surface area contributed by atoms with E-state index in [2.05, 4.69) is 32.7 Å². The van der Waals surface area contributed by atoms with Crippen molar-refractivity contribution in [1.82, 2.24) is 9.97 Å². The van der Waals surface area contributed by atoms with E-state index in [1.165, 1.54) is 17.8 Å². The van der Waals surface area contributed by atoms with Gasteiger partial charge < -0.3 is 4.98 Å². The zero-order valence-corrected chi connectivity index (χ0v) is 13.8. The molecule has 0 bridgehead atoms. The number of hydrogen-bond donors (Lipinski definition) is 1. The van der Waals surface area contributed by atoms with Crippen LogP contribution in [0.4, 0.5) is 4.39 Å². The molecule has 0 aliphatic carbocycles. The highest BCUT2D eigenvalue weighted by Crippen LogP contribution is 2.41. The first-order valence-electron chi connectivity index (χ1n) is 7.24. The SMILES string of the molecule is CC1(C)CSCC(C)(C)c2[nH]c(-c3ccc(F)cc3)nc21. The number of benzene rings is 1. The normalized spacial score (nSPS) is 19.9. The molecular formula is C17H21FN2S. The summed E-state index contributed by atoms with van der Waals surface area (Å²) < 4.78 is 13.1. The Labute approximate surface area is 129 Å². The van der Waals surface area contributed by atoms with E-state index in [-0.39, 0.29) is 16.6 Å². The Balaban J connectivity index is 2.14. The van der Waals surface area contributed by atoms with Crippen LogP contribution in [0.25, 0.3) is 11.4 Å². The smallest absolute Gasteiger partial charge is 0.137 e. The molecule has 0 fully saturated rings. The number of halogens is 1. The van der Waals surface area contributed by atoms with Crippen molar-refractivity contribution >= 4 is 11.8 Å². The van der Waals surface area contributed by atoms with E-state index < -0.39 is 0 Å². The summed E-state index contributed by atoms with van der Waals surface area (Å²) in [6.07, 6.45) is 0. The second-order valence-electron chi connectivity index (χ2n) is 7.08. The van der Waals surface area contributed by atoms with Crippen molar-refractivity contribution in [2.45, 2.75) is 38.5 Å². The number of fused-ring (bicyclic) bond motifs is 1. The lowest BCUT2D eigenvalue weighted by molar-refractivity contribution is 0.539. The summed E-state index contributed by atoms with van der Waals surface area (Å²) >= 11 is 1.98. The fourth-order valence-corrected chi connectivity index (χ4v) is 4.20. The first-order chi connectivity index (χ1) is 9.79. The summed E-state index contributed by atoms with van der Waals surface area (Å²) in [7, 11) is 0. The predicted molar refractivity (Wildman–Crippen MR) is 87.4 cm³/mol. The molecule has 0 spiro atoms. The molecule has 1 aromatic carbocycles. The standard InChI is InChI=1S/C17H21FN2S/c1-16(2)9-21-10-17(3,4)14-13(16)19-15(20-14)11-5-7-12(18)8-6-11/h5-8H,9-10H2,1-4H3,(H,19,20). The molecule has 1 aromatic heterocycles. The zero-order valence-electron chi connectivity index (χ0n) is 13.0. The first kappa shape index (κ1) is 14.6. The van der Waals surface area contributed by atoms with Crippen LogP contribution < -0.4 is 0 Å². The van der Waals surface area contributed by atoms with Crippen LogP contribution in [0.3, 0.4) is 0 Å². The molecular weight excluding hydrogens is 283 g/mol. The van der Waals surface area contributed by atoms with E-state index in [9.17, 15) is 4.39 Å². The lowest BCUT2D eigenvalue weighted by atomic mass is 9.82. The first-order valence-corrected chi connectivity index (χ1v) is 8.40. The van der Waals surface area contributed by atoms with Gasteiger partial charge in [0.25, 0.3) is 0 Å². The number of imidazole rings is 1. The number of nitrogens with one attached hydrogen (secondary N) is 1. The summed E-state index contributed by atoms with van der Waals surface area (Å²) in [5.74, 6) is 2.77. The summed E-state index contributed by atoms with van der Waals surface area (Å²) in [6.45, 7) is 9.00. The summed E-state index contributed by atoms with van der Waals surface area (Å²) in [5.41, 5.74) is 3.42. The van der Waals surface area contributed by atoms with Gasteiger partial charge in [0, 0.05) is 33.6 Å². The lowest BCUT2D eigenvalue weighted by Gasteiger charge is -2.23. The Morgan fingerprint density at radius 2 is 1.67 bits per heavy atom. The molecule has 2 nitrogen and oxygen atoms in total. The molecule has 1 aliphatic rings. The molecule has 1 aliphatic heterocycles. The van der Waals surface area contributed by atoms with Gasteiger partial charge in [-0.3, -0.25) is 0 Å². The third-order valence-corrected chi connectivity index (χ3v) is 5.92. The van der Waals surface area contributed by atoms with Crippen LogP contribution in [-0.2, 0) is 10.8 Å². The third-order valence-electron chi connectivity index (χ3n) is 4.07. The molecule has 0 atom stereocenters. The topological polar surface area (TPSA) is 28.7 Å². The number of nitrogens with zero attached hydrogens (tertiary/aromatic N) is 1. The largest absolute Gasteiger partial charge is 0.341 e.